The van der Waals surface area contributed by atoms with E-state index >= 15 is 0 Å². The lowest BCUT2D eigenvalue weighted by Crippen LogP contribution is -2.19. The summed E-state index contributed by atoms with van der Waals surface area (Å²) in [5, 5.41) is 14.6. The minimum atomic E-state index is -0.293. The van der Waals surface area contributed by atoms with E-state index in [0.717, 1.165) is 25.0 Å². The van der Waals surface area contributed by atoms with Crippen molar-refractivity contribution in [3.05, 3.63) is 155 Å². The Balaban J connectivity index is 0.000000149. The van der Waals surface area contributed by atoms with Crippen molar-refractivity contribution in [3.63, 3.8) is 0 Å². The molecule has 0 saturated heterocycles. The maximum atomic E-state index is 9.01. The first-order valence-electron chi connectivity index (χ1n) is 18.9. The van der Waals surface area contributed by atoms with Crippen molar-refractivity contribution >= 4 is 21.5 Å². The number of rotatable bonds is 8. The Kier molecular flexibility index (Phi) is 11.5. The van der Waals surface area contributed by atoms with Gasteiger partial charge in [-0.05, 0) is 123 Å². The van der Waals surface area contributed by atoms with E-state index in [1.54, 1.807) is 12.1 Å². The van der Waals surface area contributed by atoms with Crippen LogP contribution in [0.5, 0.6) is 11.5 Å². The molecule has 6 unspecified atom stereocenters. The molecule has 6 aromatic carbocycles. The van der Waals surface area contributed by atoms with Crippen LogP contribution in [0.2, 0.25) is 0 Å². The fourth-order valence-corrected chi connectivity index (χ4v) is 7.62. The lowest BCUT2D eigenvalue weighted by Gasteiger charge is -2.21. The van der Waals surface area contributed by atoms with Crippen LogP contribution in [0.1, 0.15) is 124 Å². The van der Waals surface area contributed by atoms with Gasteiger partial charge in [0.15, 0.2) is 6.29 Å². The highest BCUT2D eigenvalue weighted by molar-refractivity contribution is 5.92. The van der Waals surface area contributed by atoms with E-state index in [0.29, 0.717) is 29.4 Å². The Hall–Kier alpha value is -4.60. The largest absolute Gasteiger partial charge is 0.508 e. The number of phenolic OH excluding ortho intramolecular Hbond substituents is 1. The maximum Gasteiger partial charge on any atom is 0.197 e. The third kappa shape index (κ3) is 8.00. The summed E-state index contributed by atoms with van der Waals surface area (Å²) in [6, 6.07) is 42.1. The number of benzene rings is 6. The van der Waals surface area contributed by atoms with E-state index in [-0.39, 0.29) is 12.4 Å². The zero-order valence-electron chi connectivity index (χ0n) is 31.4. The molecule has 0 heterocycles. The van der Waals surface area contributed by atoms with Crippen molar-refractivity contribution < 1.29 is 14.6 Å². The fraction of sp³-hybridized carbons (Fsp3) is 0.333. The highest BCUT2D eigenvalue weighted by Gasteiger charge is 2.28. The van der Waals surface area contributed by atoms with Gasteiger partial charge < -0.3 is 14.6 Å². The van der Waals surface area contributed by atoms with Crippen LogP contribution < -0.4 is 4.74 Å². The van der Waals surface area contributed by atoms with Crippen LogP contribution in [0.25, 0.3) is 21.5 Å². The Morgan fingerprint density at radius 3 is 1.59 bits per heavy atom. The third-order valence-electron chi connectivity index (χ3n) is 11.3. The molecule has 0 aliphatic heterocycles. The quantitative estimate of drug-likeness (QED) is 0.163. The minimum Gasteiger partial charge on any atom is -0.508 e. The van der Waals surface area contributed by atoms with Crippen LogP contribution in [-0.2, 0) is 11.2 Å². The molecule has 0 radical (unpaired) electrons. The average Bonchev–Trinajstić information content (AvgIpc) is 3.64. The highest BCUT2D eigenvalue weighted by atomic mass is 16.7. The van der Waals surface area contributed by atoms with Gasteiger partial charge in [0.1, 0.15) is 11.5 Å². The molecule has 3 nitrogen and oxygen atoms in total. The van der Waals surface area contributed by atoms with Gasteiger partial charge >= 0.3 is 0 Å². The minimum absolute atomic E-state index is 0.0606. The summed E-state index contributed by atoms with van der Waals surface area (Å²) in [7, 11) is 0. The standard InChI is InChI=1S/C24H26O2.C14H14.C10H14O/c1-4-16(2)18-11-13-21(14-12-18)25-17(3)26-23-15-20-9-5-7-19-8-6-10-22(23)24(19)20;1-9-10(2)13-8-4-6-11-5-3-7-12(9)14(11)13;1-3-8(2)9-4-6-10(11)7-5-9/h5-14,16-17,23H,4,15H2,1-3H3;3-10H,1-2H3;4-8,11H,3H2,1-2H3. The van der Waals surface area contributed by atoms with E-state index < -0.39 is 0 Å². The van der Waals surface area contributed by atoms with Crippen LogP contribution in [0.15, 0.2) is 121 Å². The van der Waals surface area contributed by atoms with Gasteiger partial charge in [-0.2, -0.15) is 0 Å². The predicted molar refractivity (Wildman–Crippen MR) is 214 cm³/mol. The molecule has 2 aliphatic rings. The number of hydrogen-bond donors (Lipinski definition) is 1. The van der Waals surface area contributed by atoms with Gasteiger partial charge in [-0.25, -0.2) is 0 Å². The van der Waals surface area contributed by atoms with E-state index in [1.165, 1.54) is 54.9 Å². The van der Waals surface area contributed by atoms with Gasteiger partial charge in [0, 0.05) is 6.42 Å². The Morgan fingerprint density at radius 2 is 1.06 bits per heavy atom. The first-order chi connectivity index (χ1) is 24.7. The molecular formula is C48H54O3. The van der Waals surface area contributed by atoms with Crippen molar-refractivity contribution in [2.75, 3.05) is 0 Å². The maximum absolute atomic E-state index is 9.01. The Morgan fingerprint density at radius 1 is 0.588 bits per heavy atom. The molecule has 6 atom stereocenters. The Bertz CT molecular complexity index is 2000. The zero-order valence-corrected chi connectivity index (χ0v) is 31.4. The van der Waals surface area contributed by atoms with E-state index in [4.69, 9.17) is 14.6 Å². The van der Waals surface area contributed by atoms with Crippen molar-refractivity contribution in [2.45, 2.75) is 104 Å². The summed E-state index contributed by atoms with van der Waals surface area (Å²) in [5.74, 6) is 3.73. The molecule has 8 rings (SSSR count). The summed E-state index contributed by atoms with van der Waals surface area (Å²) >= 11 is 0. The second-order valence-corrected chi connectivity index (χ2v) is 14.5. The predicted octanol–water partition coefficient (Wildman–Crippen LogP) is 13.4. The first kappa shape index (κ1) is 36.2. The van der Waals surface area contributed by atoms with Gasteiger partial charge in [0.2, 0.25) is 0 Å². The van der Waals surface area contributed by atoms with Gasteiger partial charge in [-0.1, -0.05) is 139 Å². The number of hydrogen-bond acceptors (Lipinski definition) is 3. The van der Waals surface area contributed by atoms with Gasteiger partial charge in [-0.3, -0.25) is 0 Å². The first-order valence-corrected chi connectivity index (χ1v) is 18.9. The molecule has 1 N–H and O–H groups in total. The van der Waals surface area contributed by atoms with Crippen molar-refractivity contribution in [3.8, 4) is 11.5 Å². The van der Waals surface area contributed by atoms with E-state index in [1.807, 2.05) is 31.2 Å². The summed E-state index contributed by atoms with van der Waals surface area (Å²) in [5.41, 5.74) is 8.36. The molecule has 3 heteroatoms. The van der Waals surface area contributed by atoms with Crippen LogP contribution in [0, 0.1) is 0 Å². The van der Waals surface area contributed by atoms with Crippen LogP contribution >= 0.6 is 0 Å². The van der Waals surface area contributed by atoms with Crippen molar-refractivity contribution in [1.82, 2.24) is 0 Å². The number of ether oxygens (including phenoxy) is 2. The van der Waals surface area contributed by atoms with E-state index in [9.17, 15) is 0 Å². The third-order valence-corrected chi connectivity index (χ3v) is 11.3. The van der Waals surface area contributed by atoms with Crippen LogP contribution in [0.3, 0.4) is 0 Å². The fourth-order valence-electron chi connectivity index (χ4n) is 7.62. The average molecular weight is 679 g/mol. The van der Waals surface area contributed by atoms with E-state index in [2.05, 4.69) is 126 Å². The molecule has 264 valence electrons. The summed E-state index contributed by atoms with van der Waals surface area (Å²) < 4.78 is 12.3. The SMILES string of the molecule is CC1c2cccc3cccc(c23)C1C.CCC(C)c1ccc(O)cc1.CCC(C)c1ccc(OC(C)OC2Cc3cccc4cccc2c34)cc1. The van der Waals surface area contributed by atoms with Crippen LogP contribution in [0.4, 0.5) is 0 Å². The van der Waals surface area contributed by atoms with Crippen molar-refractivity contribution in [2.24, 2.45) is 0 Å². The molecule has 0 spiro atoms. The lowest BCUT2D eigenvalue weighted by atomic mass is 9.94. The molecular weight excluding hydrogens is 625 g/mol. The molecule has 51 heavy (non-hydrogen) atoms. The highest BCUT2D eigenvalue weighted by Crippen LogP contribution is 2.46. The summed E-state index contributed by atoms with van der Waals surface area (Å²) in [4.78, 5) is 0. The molecule has 2 aliphatic carbocycles. The monoisotopic (exact) mass is 678 g/mol. The van der Waals surface area contributed by atoms with Crippen molar-refractivity contribution in [1.29, 1.82) is 0 Å². The zero-order chi connectivity index (χ0) is 36.1. The molecule has 0 bridgehead atoms. The van der Waals surface area contributed by atoms with Gasteiger partial charge in [0.25, 0.3) is 0 Å². The van der Waals surface area contributed by atoms with Gasteiger partial charge in [-0.15, -0.1) is 0 Å². The molecule has 0 amide bonds. The topological polar surface area (TPSA) is 38.7 Å². The molecule has 0 aromatic heterocycles. The molecule has 0 saturated carbocycles. The smallest absolute Gasteiger partial charge is 0.197 e. The lowest BCUT2D eigenvalue weighted by molar-refractivity contribution is -0.107. The normalized spacial score (nSPS) is 18.7. The summed E-state index contributed by atoms with van der Waals surface area (Å²) in [6.07, 6.45) is 2.97. The second kappa shape index (κ2) is 16.2. The molecule has 6 aromatic rings. The van der Waals surface area contributed by atoms with Crippen LogP contribution in [-0.4, -0.2) is 11.4 Å². The Labute approximate surface area is 305 Å². The second-order valence-electron chi connectivity index (χ2n) is 14.5. The van der Waals surface area contributed by atoms with Gasteiger partial charge in [0.05, 0.1) is 6.10 Å². The number of aromatic hydroxyl groups is 1. The summed E-state index contributed by atoms with van der Waals surface area (Å²) in [6.45, 7) is 15.5. The number of phenols is 1. The molecule has 0 fully saturated rings.